The molecule has 0 aliphatic carbocycles. The molecule has 2 amide bonds. The number of nitrogens with one attached hydrogen (secondary N) is 2. The summed E-state index contributed by atoms with van der Waals surface area (Å²) in [4.78, 5) is 50.5. The smallest absolute Gasteiger partial charge is 0.307 e. The van der Waals surface area contributed by atoms with Gasteiger partial charge in [-0.25, -0.2) is 4.98 Å². The SMILES string of the molecule is COc1ccc(C(CC(=O)OC(C)(C)C)C(=O)N(CC(=O)Nc2[nH]c(-c3ccc(F)s3)nc2-c2ccccc2)C(C)C)cc1OC. The number of thiophene rings is 1. The quantitative estimate of drug-likeness (QED) is 0.165. The number of imidazole rings is 1. The minimum absolute atomic E-state index is 0.254. The van der Waals surface area contributed by atoms with Crippen molar-refractivity contribution in [3.8, 4) is 33.5 Å². The molecule has 0 spiro atoms. The van der Waals surface area contributed by atoms with Crippen LogP contribution in [0.2, 0.25) is 0 Å². The van der Waals surface area contributed by atoms with E-state index in [0.29, 0.717) is 39.3 Å². The lowest BCUT2D eigenvalue weighted by Gasteiger charge is -2.31. The van der Waals surface area contributed by atoms with Gasteiger partial charge in [-0.3, -0.25) is 14.4 Å². The average Bonchev–Trinajstić information content (AvgIpc) is 3.63. The van der Waals surface area contributed by atoms with Gasteiger partial charge in [0.25, 0.3) is 0 Å². The number of carbonyl (C=O) groups excluding carboxylic acids is 3. The molecule has 0 fully saturated rings. The summed E-state index contributed by atoms with van der Waals surface area (Å²) in [7, 11) is 2.99. The molecule has 1 atom stereocenters. The highest BCUT2D eigenvalue weighted by Crippen LogP contribution is 2.35. The Bertz CT molecular complexity index is 1680. The number of carbonyl (C=O) groups is 3. The van der Waals surface area contributed by atoms with Crippen LogP contribution < -0.4 is 14.8 Å². The van der Waals surface area contributed by atoms with Gasteiger partial charge in [-0.1, -0.05) is 36.4 Å². The van der Waals surface area contributed by atoms with Gasteiger partial charge in [0.05, 0.1) is 31.4 Å². The van der Waals surface area contributed by atoms with Crippen molar-refractivity contribution in [3.05, 3.63) is 71.4 Å². The van der Waals surface area contributed by atoms with E-state index in [9.17, 15) is 18.8 Å². The molecule has 2 aromatic heterocycles. The lowest BCUT2D eigenvalue weighted by atomic mass is 9.93. The Kier molecular flexibility index (Phi) is 10.8. The predicted octanol–water partition coefficient (Wildman–Crippen LogP) is 6.65. The van der Waals surface area contributed by atoms with E-state index in [2.05, 4.69) is 15.3 Å². The summed E-state index contributed by atoms with van der Waals surface area (Å²) in [6.07, 6.45) is -0.254. The normalized spacial score (nSPS) is 12.0. The maximum Gasteiger partial charge on any atom is 0.307 e. The van der Waals surface area contributed by atoms with Crippen molar-refractivity contribution in [2.75, 3.05) is 26.1 Å². The Hall–Kier alpha value is -4.71. The molecule has 0 saturated carbocycles. The number of H-pyrrole nitrogens is 1. The van der Waals surface area contributed by atoms with E-state index in [1.165, 1.54) is 25.2 Å². The molecule has 0 aliphatic heterocycles. The zero-order valence-corrected chi connectivity index (χ0v) is 27.8. The number of amides is 2. The van der Waals surface area contributed by atoms with Gasteiger partial charge in [0.15, 0.2) is 16.6 Å². The molecular weight excluding hydrogens is 611 g/mol. The van der Waals surface area contributed by atoms with Crippen molar-refractivity contribution in [1.82, 2.24) is 14.9 Å². The lowest BCUT2D eigenvalue weighted by molar-refractivity contribution is -0.157. The van der Waals surface area contributed by atoms with Crippen molar-refractivity contribution >= 4 is 34.9 Å². The van der Waals surface area contributed by atoms with Crippen LogP contribution in [-0.4, -0.2) is 65.1 Å². The number of nitrogens with zero attached hydrogens (tertiary/aromatic N) is 2. The average molecular weight is 651 g/mol. The third-order valence-electron chi connectivity index (χ3n) is 6.94. The molecule has 4 aromatic rings. The Morgan fingerprint density at radius 3 is 2.28 bits per heavy atom. The number of ether oxygens (including phenoxy) is 3. The fraction of sp³-hybridized carbons (Fsp3) is 0.353. The molecule has 0 saturated heterocycles. The van der Waals surface area contributed by atoms with E-state index in [0.717, 1.165) is 16.9 Å². The van der Waals surface area contributed by atoms with E-state index in [1.54, 1.807) is 58.9 Å². The largest absolute Gasteiger partial charge is 0.493 e. The Morgan fingerprint density at radius 1 is 1.00 bits per heavy atom. The van der Waals surface area contributed by atoms with Crippen LogP contribution in [0.5, 0.6) is 11.5 Å². The van der Waals surface area contributed by atoms with Gasteiger partial charge in [0.2, 0.25) is 11.8 Å². The van der Waals surface area contributed by atoms with Crippen LogP contribution in [-0.2, 0) is 19.1 Å². The first kappa shape index (κ1) is 34.2. The van der Waals surface area contributed by atoms with Gasteiger partial charge >= 0.3 is 5.97 Å². The summed E-state index contributed by atoms with van der Waals surface area (Å²) in [6.45, 7) is 8.52. The predicted molar refractivity (Wildman–Crippen MR) is 176 cm³/mol. The van der Waals surface area contributed by atoms with E-state index >= 15 is 0 Å². The number of halogens is 1. The van der Waals surface area contributed by atoms with Gasteiger partial charge in [-0.15, -0.1) is 11.3 Å². The molecule has 2 N–H and O–H groups in total. The van der Waals surface area contributed by atoms with Gasteiger partial charge in [-0.05, 0) is 64.4 Å². The summed E-state index contributed by atoms with van der Waals surface area (Å²) in [5, 5.41) is 2.50. The number of aromatic amines is 1. The van der Waals surface area contributed by atoms with Gasteiger partial charge in [-0.2, -0.15) is 4.39 Å². The summed E-state index contributed by atoms with van der Waals surface area (Å²) < 4.78 is 30.2. The monoisotopic (exact) mass is 650 g/mol. The third kappa shape index (κ3) is 8.51. The van der Waals surface area contributed by atoms with Crippen molar-refractivity contribution in [1.29, 1.82) is 0 Å². The van der Waals surface area contributed by atoms with E-state index in [4.69, 9.17) is 14.2 Å². The number of aromatic nitrogens is 2. The third-order valence-corrected chi connectivity index (χ3v) is 7.82. The zero-order valence-electron chi connectivity index (χ0n) is 27.0. The molecule has 0 aliphatic rings. The molecular formula is C34H39FN4O6S. The van der Waals surface area contributed by atoms with Crippen molar-refractivity contribution in [2.24, 2.45) is 0 Å². The fourth-order valence-corrected chi connectivity index (χ4v) is 5.52. The number of rotatable bonds is 12. The van der Waals surface area contributed by atoms with E-state index in [1.807, 2.05) is 30.3 Å². The molecule has 1 unspecified atom stereocenters. The van der Waals surface area contributed by atoms with Crippen LogP contribution in [0.4, 0.5) is 10.2 Å². The van der Waals surface area contributed by atoms with E-state index < -0.39 is 35.3 Å². The summed E-state index contributed by atoms with van der Waals surface area (Å²) in [5.41, 5.74) is 0.953. The van der Waals surface area contributed by atoms with Crippen LogP contribution in [0.25, 0.3) is 22.0 Å². The number of methoxy groups -OCH3 is 2. The maximum absolute atomic E-state index is 14.2. The Balaban J connectivity index is 1.64. The van der Waals surface area contributed by atoms with Gasteiger partial charge in [0.1, 0.15) is 29.5 Å². The summed E-state index contributed by atoms with van der Waals surface area (Å²) in [6, 6.07) is 16.8. The Morgan fingerprint density at radius 2 is 1.70 bits per heavy atom. The topological polar surface area (TPSA) is 123 Å². The molecule has 12 heteroatoms. The van der Waals surface area contributed by atoms with E-state index in [-0.39, 0.29) is 18.1 Å². The molecule has 2 heterocycles. The molecule has 0 bridgehead atoms. The second-order valence-electron chi connectivity index (χ2n) is 11.8. The van der Waals surface area contributed by atoms with Crippen LogP contribution >= 0.6 is 11.3 Å². The van der Waals surface area contributed by atoms with Crippen LogP contribution in [0, 0.1) is 5.13 Å². The molecule has 10 nitrogen and oxygen atoms in total. The maximum atomic E-state index is 14.2. The molecule has 46 heavy (non-hydrogen) atoms. The first-order valence-corrected chi connectivity index (χ1v) is 15.6. The second-order valence-corrected chi connectivity index (χ2v) is 12.9. The fourth-order valence-electron chi connectivity index (χ4n) is 4.84. The minimum Gasteiger partial charge on any atom is -0.493 e. The number of anilines is 1. The summed E-state index contributed by atoms with van der Waals surface area (Å²) >= 11 is 0.929. The number of hydrogen-bond donors (Lipinski definition) is 2. The minimum atomic E-state index is -0.975. The Labute approximate surface area is 271 Å². The van der Waals surface area contributed by atoms with Gasteiger partial charge < -0.3 is 29.4 Å². The van der Waals surface area contributed by atoms with Crippen molar-refractivity contribution < 1.29 is 33.0 Å². The molecule has 4 rings (SSSR count). The van der Waals surface area contributed by atoms with Crippen molar-refractivity contribution in [3.63, 3.8) is 0 Å². The van der Waals surface area contributed by atoms with Gasteiger partial charge in [0, 0.05) is 11.6 Å². The molecule has 0 radical (unpaired) electrons. The first-order chi connectivity index (χ1) is 21.8. The van der Waals surface area contributed by atoms with Crippen LogP contribution in [0.1, 0.15) is 52.5 Å². The van der Waals surface area contributed by atoms with Crippen molar-refractivity contribution in [2.45, 2.75) is 58.6 Å². The number of esters is 1. The highest BCUT2D eigenvalue weighted by molar-refractivity contribution is 7.13. The second kappa shape index (κ2) is 14.6. The highest BCUT2D eigenvalue weighted by atomic mass is 32.1. The standard InChI is InChI=1S/C34H39FN4O6S/c1-20(2)39(33(42)23(18-29(41)45-34(3,4)5)22-13-14-24(43-6)25(17-22)44-7)19-28(40)36-32-30(21-11-9-8-10-12-21)37-31(38-32)26-15-16-27(35)46-26/h8-17,20,23H,18-19H2,1-7H3,(H,36,40)(H,37,38). The first-order valence-electron chi connectivity index (χ1n) is 14.7. The lowest BCUT2D eigenvalue weighted by Crippen LogP contribution is -2.45. The zero-order chi connectivity index (χ0) is 33.6. The van der Waals surface area contributed by atoms with Crippen LogP contribution in [0.3, 0.4) is 0 Å². The molecule has 2 aromatic carbocycles. The number of benzene rings is 2. The molecule has 244 valence electrons. The number of hydrogen-bond acceptors (Lipinski definition) is 8. The highest BCUT2D eigenvalue weighted by Gasteiger charge is 2.33. The summed E-state index contributed by atoms with van der Waals surface area (Å²) in [5.74, 6) is -0.903. The van der Waals surface area contributed by atoms with Crippen LogP contribution in [0.15, 0.2) is 60.7 Å².